The molecular weight excluding hydrogens is 935 g/mol. The zero-order valence-corrected chi connectivity index (χ0v) is 42.7. The van der Waals surface area contributed by atoms with Crippen molar-refractivity contribution in [2.24, 2.45) is 39.6 Å². The van der Waals surface area contributed by atoms with Crippen LogP contribution in [0.3, 0.4) is 0 Å². The summed E-state index contributed by atoms with van der Waals surface area (Å²) in [5.41, 5.74) is 0.568. The number of carbonyl (C=O) groups excluding carboxylic acids is 3. The van der Waals surface area contributed by atoms with Crippen LogP contribution in [0, 0.1) is 48.9 Å². The number of amides is 1. The van der Waals surface area contributed by atoms with Gasteiger partial charge < -0.3 is 49.6 Å². The van der Waals surface area contributed by atoms with Crippen LogP contribution in [-0.4, -0.2) is 121 Å². The SMILES string of the molecule is C#C[C@H]1[C@@H](OC(=O)Cn2cc(-c3ccccc3)nn2)[C@H](C)[C@H](O)[C@H](C)[C@@H](O)[C@@H](C)/C=C/C=C(/C)C(=O)Nc2c(O)c3c(O)c(C)c4c(c3c3c2=NC2(CCN(CC(C)C)CC2)N=3)C(=O)[C@@](C)(O/C=C/[C@@H]1OC)O4. The molecule has 73 heavy (non-hydrogen) atoms. The van der Waals surface area contributed by atoms with E-state index in [0.29, 0.717) is 37.5 Å². The highest BCUT2D eigenvalue weighted by Crippen LogP contribution is 2.50. The number of ether oxygens (including phenoxy) is 4. The summed E-state index contributed by atoms with van der Waals surface area (Å²) in [6.07, 6.45) is 11.6. The van der Waals surface area contributed by atoms with Gasteiger partial charge >= 0.3 is 11.8 Å². The van der Waals surface area contributed by atoms with Crippen LogP contribution >= 0.6 is 0 Å². The Morgan fingerprint density at radius 2 is 1.68 bits per heavy atom. The van der Waals surface area contributed by atoms with E-state index in [1.54, 1.807) is 52.1 Å². The minimum atomic E-state index is -2.06. The number of hydrogen-bond acceptors (Lipinski definition) is 16. The number of aromatic hydroxyl groups is 2. The fourth-order valence-corrected chi connectivity index (χ4v) is 10.3. The molecule has 9 rings (SSSR count). The van der Waals surface area contributed by atoms with Gasteiger partial charge in [-0.25, -0.2) is 4.68 Å². The van der Waals surface area contributed by atoms with Gasteiger partial charge in [-0.15, -0.1) is 11.5 Å². The lowest BCUT2D eigenvalue weighted by molar-refractivity contribution is -0.162. The number of Topliss-reactive ketones (excluding diaryl/α,β-unsaturated/α-hetero) is 1. The number of benzene rings is 3. The first-order chi connectivity index (χ1) is 34.7. The van der Waals surface area contributed by atoms with Crippen molar-refractivity contribution < 1.29 is 53.8 Å². The van der Waals surface area contributed by atoms with Crippen LogP contribution in [-0.2, 0) is 30.3 Å². The van der Waals surface area contributed by atoms with Gasteiger partial charge in [-0.05, 0) is 25.8 Å². The maximum atomic E-state index is 15.0. The number of carbonyl (C=O) groups is 3. The Morgan fingerprint density at radius 3 is 2.36 bits per heavy atom. The van der Waals surface area contributed by atoms with Crippen LogP contribution in [0.4, 0.5) is 5.69 Å². The minimum absolute atomic E-state index is 0.00309. The summed E-state index contributed by atoms with van der Waals surface area (Å²) in [6.45, 7) is 15.8. The van der Waals surface area contributed by atoms with Crippen molar-refractivity contribution in [1.29, 1.82) is 0 Å². The maximum absolute atomic E-state index is 15.0. The topological polar surface area (TPSA) is 240 Å². The van der Waals surface area contributed by atoms with Gasteiger partial charge in [-0.1, -0.05) is 94.3 Å². The Morgan fingerprint density at radius 1 is 0.986 bits per heavy atom. The summed E-state index contributed by atoms with van der Waals surface area (Å²) in [5.74, 6) is -5.26. The second-order valence-corrected chi connectivity index (χ2v) is 20.3. The third-order valence-corrected chi connectivity index (χ3v) is 14.6. The highest BCUT2D eigenvalue weighted by Gasteiger charge is 2.50. The normalized spacial score (nSPS) is 29.1. The summed E-state index contributed by atoms with van der Waals surface area (Å²) in [4.78, 5) is 55.6. The van der Waals surface area contributed by atoms with Gasteiger partial charge in [0.2, 0.25) is 0 Å². The van der Waals surface area contributed by atoms with Crippen molar-refractivity contribution in [2.75, 3.05) is 32.1 Å². The molecule has 386 valence electrons. The lowest BCUT2D eigenvalue weighted by atomic mass is 9.78. The molecule has 4 aromatic rings. The molecule has 1 fully saturated rings. The number of terminal acetylenes is 1. The first kappa shape index (κ1) is 52.4. The summed E-state index contributed by atoms with van der Waals surface area (Å²) < 4.78 is 25.9. The molecule has 6 heterocycles. The molecule has 1 amide bonds. The lowest BCUT2D eigenvalue weighted by Gasteiger charge is -2.37. The van der Waals surface area contributed by atoms with Crippen LogP contribution in [0.1, 0.15) is 77.2 Å². The summed E-state index contributed by atoms with van der Waals surface area (Å²) in [7, 11) is 1.39. The zero-order chi connectivity index (χ0) is 52.7. The quantitative estimate of drug-likeness (QED) is 0.0898. The number of allylic oxidation sites excluding steroid dienone is 2. The number of likely N-dealkylation sites (tertiary alicyclic amines) is 1. The number of methoxy groups -OCH3 is 1. The number of phenols is 2. The van der Waals surface area contributed by atoms with Gasteiger partial charge in [0, 0.05) is 86.3 Å². The zero-order valence-electron chi connectivity index (χ0n) is 42.7. The first-order valence-corrected chi connectivity index (χ1v) is 24.7. The van der Waals surface area contributed by atoms with Crippen LogP contribution in [0.15, 0.2) is 82.7 Å². The van der Waals surface area contributed by atoms with Crippen molar-refractivity contribution in [1.82, 2.24) is 19.9 Å². The van der Waals surface area contributed by atoms with E-state index in [1.807, 2.05) is 30.3 Å². The van der Waals surface area contributed by atoms with Crippen molar-refractivity contribution >= 4 is 34.1 Å². The second kappa shape index (κ2) is 20.9. The monoisotopic (exact) mass is 999 g/mol. The number of nitrogens with one attached hydrogen (secondary N) is 1. The number of esters is 1. The molecule has 5 bridgehead atoms. The van der Waals surface area contributed by atoms with E-state index < -0.39 is 88.7 Å². The summed E-state index contributed by atoms with van der Waals surface area (Å²) in [5, 5.41) is 59.3. The molecule has 1 saturated heterocycles. The number of aliphatic hydroxyl groups excluding tert-OH is 2. The minimum Gasteiger partial charge on any atom is -0.507 e. The van der Waals surface area contributed by atoms with Crippen molar-refractivity contribution in [3.05, 3.63) is 94.5 Å². The molecule has 5 aliphatic rings. The smallest absolute Gasteiger partial charge is 0.328 e. The Balaban J connectivity index is 1.21. The van der Waals surface area contributed by atoms with Crippen LogP contribution in [0.2, 0.25) is 0 Å². The number of aliphatic hydroxyl groups is 2. The number of phenolic OH excluding ortho intramolecular Hbond substituents is 2. The number of fused-ring (bicyclic) bond motifs is 13. The molecule has 5 aliphatic heterocycles. The summed E-state index contributed by atoms with van der Waals surface area (Å²) in [6, 6.07) is 9.31. The molecule has 1 spiro atoms. The van der Waals surface area contributed by atoms with Crippen molar-refractivity contribution in [3.63, 3.8) is 0 Å². The lowest BCUT2D eigenvalue weighted by Crippen LogP contribution is -2.47. The van der Waals surface area contributed by atoms with E-state index >= 15 is 0 Å². The van der Waals surface area contributed by atoms with Gasteiger partial charge in [0.1, 0.15) is 40.9 Å². The number of piperidine rings is 1. The number of nitrogens with zero attached hydrogens (tertiary/aromatic N) is 6. The number of anilines is 1. The maximum Gasteiger partial charge on any atom is 0.328 e. The Bertz CT molecular complexity index is 3060. The van der Waals surface area contributed by atoms with Crippen LogP contribution in [0.25, 0.3) is 22.0 Å². The van der Waals surface area contributed by atoms with Gasteiger partial charge in [-0.2, -0.15) is 0 Å². The van der Waals surface area contributed by atoms with Gasteiger partial charge in [0.15, 0.2) is 11.4 Å². The molecule has 0 aliphatic carbocycles. The molecule has 0 radical (unpaired) electrons. The standard InChI is InChI=1S/C55H65N7O11/c1-11-36-38(70-10)20-25-71-54(9)52(68)42-40-41(48(66)34(8)51(42)73-54)49(67)45(44-43(40)57-55(58-44)21-23-61(24-22-55)26-29(2)3)56-53(69)31(5)17-15-16-30(4)46(64)32(6)47(65)33(7)50(36)72-39(63)28-62-27-37(59-60-62)35-18-13-12-14-19-35/h1,12-20,25,27,29-30,32-33,36,38,46-47,50,64-67H,21-24,26,28H2,2-10H3,(H,56,69)/b16-15+,25-20+,31-17-/t30-,32+,33+,36+,38-,46-,47+,50-,54-/m0/s1. The van der Waals surface area contributed by atoms with E-state index in [2.05, 4.69) is 40.3 Å². The van der Waals surface area contributed by atoms with E-state index in [4.69, 9.17) is 35.4 Å². The molecule has 18 heteroatoms. The third-order valence-electron chi connectivity index (χ3n) is 14.6. The highest BCUT2D eigenvalue weighted by molar-refractivity contribution is 6.19. The molecule has 0 saturated carbocycles. The summed E-state index contributed by atoms with van der Waals surface area (Å²) >= 11 is 0. The average molecular weight is 1000 g/mol. The van der Waals surface area contributed by atoms with Gasteiger partial charge in [0.05, 0.1) is 53.0 Å². The Hall–Kier alpha value is -6.91. The second-order valence-electron chi connectivity index (χ2n) is 20.3. The van der Waals surface area contributed by atoms with E-state index in [-0.39, 0.29) is 56.2 Å². The third kappa shape index (κ3) is 10.1. The Labute approximate surface area is 424 Å². The van der Waals surface area contributed by atoms with E-state index in [0.717, 1.165) is 12.1 Å². The molecular formula is C55H65N7O11. The molecule has 5 N–H and O–H groups in total. The fourth-order valence-electron chi connectivity index (χ4n) is 10.3. The number of aromatic nitrogens is 3. The predicted octanol–water partition coefficient (Wildman–Crippen LogP) is 5.30. The predicted molar refractivity (Wildman–Crippen MR) is 271 cm³/mol. The number of hydrogen-bond donors (Lipinski definition) is 5. The van der Waals surface area contributed by atoms with Crippen molar-refractivity contribution in [2.45, 2.75) is 111 Å². The molecule has 0 unspecified atom stereocenters. The highest BCUT2D eigenvalue weighted by atomic mass is 16.7. The molecule has 1 aromatic heterocycles. The average Bonchev–Trinajstić information content (AvgIpc) is 4.06. The van der Waals surface area contributed by atoms with E-state index in [9.17, 15) is 34.8 Å². The Kier molecular flexibility index (Phi) is 15.0. The van der Waals surface area contributed by atoms with Crippen molar-refractivity contribution in [3.8, 4) is 40.8 Å². The molecule has 9 atom stereocenters. The number of ketones is 1. The van der Waals surface area contributed by atoms with Crippen LogP contribution < -0.4 is 20.8 Å². The number of rotatable bonds is 7. The fraction of sp³-hybridized carbons (Fsp3) is 0.473. The van der Waals surface area contributed by atoms with Gasteiger partial charge in [-0.3, -0.25) is 24.4 Å². The first-order valence-electron chi connectivity index (χ1n) is 24.7. The largest absolute Gasteiger partial charge is 0.507 e. The molecule has 18 nitrogen and oxygen atoms in total. The van der Waals surface area contributed by atoms with Crippen LogP contribution in [0.5, 0.6) is 17.2 Å². The van der Waals surface area contributed by atoms with Gasteiger partial charge in [0.25, 0.3) is 11.7 Å². The van der Waals surface area contributed by atoms with E-state index in [1.165, 1.54) is 38.0 Å². The molecule has 3 aromatic carbocycles.